The van der Waals surface area contributed by atoms with Crippen molar-refractivity contribution in [2.45, 2.75) is 59.2 Å². The average Bonchev–Trinajstić information content (AvgIpc) is 2.61. The molecule has 108 valence electrons. The van der Waals surface area contributed by atoms with Gasteiger partial charge in [0.05, 0.1) is 16.4 Å². The normalized spacial score (nSPS) is 11.8. The van der Waals surface area contributed by atoms with Crippen molar-refractivity contribution >= 4 is 17.5 Å². The van der Waals surface area contributed by atoms with Crippen LogP contribution >= 0.6 is 11.6 Å². The van der Waals surface area contributed by atoms with Gasteiger partial charge in [-0.25, -0.2) is 0 Å². The van der Waals surface area contributed by atoms with Gasteiger partial charge in [-0.3, -0.25) is 9.48 Å². The van der Waals surface area contributed by atoms with Crippen LogP contribution in [0.15, 0.2) is 0 Å². The van der Waals surface area contributed by atoms with Gasteiger partial charge in [-0.1, -0.05) is 18.5 Å². The van der Waals surface area contributed by atoms with Gasteiger partial charge in [-0.2, -0.15) is 5.10 Å². The van der Waals surface area contributed by atoms with Crippen LogP contribution in [0.1, 0.15) is 45.5 Å². The minimum Gasteiger partial charge on any atom is -0.370 e. The third kappa shape index (κ3) is 4.21. The van der Waals surface area contributed by atoms with Crippen molar-refractivity contribution in [2.24, 2.45) is 5.73 Å². The summed E-state index contributed by atoms with van der Waals surface area (Å²) in [5.74, 6) is -0.318. The first-order valence-corrected chi connectivity index (χ1v) is 6.96. The molecule has 0 spiro atoms. The van der Waals surface area contributed by atoms with Crippen LogP contribution in [0.4, 0.5) is 0 Å². The van der Waals surface area contributed by atoms with Crippen LogP contribution in [0.5, 0.6) is 0 Å². The van der Waals surface area contributed by atoms with E-state index in [2.05, 4.69) is 10.4 Å². The number of aromatic nitrogens is 2. The Morgan fingerprint density at radius 3 is 2.58 bits per heavy atom. The Morgan fingerprint density at radius 2 is 2.11 bits per heavy atom. The van der Waals surface area contributed by atoms with E-state index in [4.69, 9.17) is 17.3 Å². The molecule has 19 heavy (non-hydrogen) atoms. The zero-order valence-corrected chi connectivity index (χ0v) is 12.8. The van der Waals surface area contributed by atoms with Crippen LogP contribution < -0.4 is 11.1 Å². The number of hydrogen-bond donors (Lipinski definition) is 2. The van der Waals surface area contributed by atoms with E-state index in [1.54, 1.807) is 0 Å². The van der Waals surface area contributed by atoms with Crippen molar-refractivity contribution in [3.05, 3.63) is 16.4 Å². The standard InChI is InChI=1S/C13H23ClN4O/c1-5-9-12(14)10(18(6-2)17-9)8-16-13(3,4)7-11(15)19/h16H,5-8H2,1-4H3,(H2,15,19). The van der Waals surface area contributed by atoms with E-state index in [0.717, 1.165) is 24.4 Å². The van der Waals surface area contributed by atoms with E-state index in [-0.39, 0.29) is 17.9 Å². The Labute approximate surface area is 119 Å². The van der Waals surface area contributed by atoms with Crippen LogP contribution in [0.3, 0.4) is 0 Å². The molecule has 0 aliphatic rings. The van der Waals surface area contributed by atoms with Crippen LogP contribution in [0, 0.1) is 0 Å². The lowest BCUT2D eigenvalue weighted by atomic mass is 10.0. The molecule has 0 unspecified atom stereocenters. The summed E-state index contributed by atoms with van der Waals surface area (Å²) < 4.78 is 1.90. The molecule has 1 aromatic rings. The van der Waals surface area contributed by atoms with Gasteiger partial charge in [0.1, 0.15) is 0 Å². The van der Waals surface area contributed by atoms with Crippen LogP contribution in [-0.4, -0.2) is 21.2 Å². The maximum Gasteiger partial charge on any atom is 0.219 e. The molecule has 0 aromatic carbocycles. The first-order valence-electron chi connectivity index (χ1n) is 6.58. The topological polar surface area (TPSA) is 72.9 Å². The maximum absolute atomic E-state index is 11.0. The third-order valence-electron chi connectivity index (χ3n) is 3.04. The Balaban J connectivity index is 2.82. The Morgan fingerprint density at radius 1 is 1.47 bits per heavy atom. The number of halogens is 1. The monoisotopic (exact) mass is 286 g/mol. The first kappa shape index (κ1) is 16.0. The van der Waals surface area contributed by atoms with Crippen LogP contribution in [0.25, 0.3) is 0 Å². The molecule has 1 amide bonds. The van der Waals surface area contributed by atoms with Gasteiger partial charge in [0.2, 0.25) is 5.91 Å². The number of rotatable bonds is 7. The molecule has 0 atom stereocenters. The summed E-state index contributed by atoms with van der Waals surface area (Å²) in [7, 11) is 0. The molecule has 6 heteroatoms. The van der Waals surface area contributed by atoms with E-state index in [1.807, 2.05) is 32.4 Å². The van der Waals surface area contributed by atoms with Crippen LogP contribution in [0.2, 0.25) is 5.02 Å². The highest BCUT2D eigenvalue weighted by Crippen LogP contribution is 2.22. The Hall–Kier alpha value is -1.07. The first-order chi connectivity index (χ1) is 8.80. The largest absolute Gasteiger partial charge is 0.370 e. The Kier molecular flexibility index (Phi) is 5.38. The molecular weight excluding hydrogens is 264 g/mol. The number of amides is 1. The minimum absolute atomic E-state index is 0.283. The van der Waals surface area contributed by atoms with Crippen molar-refractivity contribution in [2.75, 3.05) is 0 Å². The minimum atomic E-state index is -0.357. The number of carbonyl (C=O) groups is 1. The number of nitrogens with one attached hydrogen (secondary N) is 1. The molecule has 0 saturated heterocycles. The van der Waals surface area contributed by atoms with Crippen molar-refractivity contribution < 1.29 is 4.79 Å². The highest BCUT2D eigenvalue weighted by atomic mass is 35.5. The van der Waals surface area contributed by atoms with E-state index in [0.29, 0.717) is 11.6 Å². The lowest BCUT2D eigenvalue weighted by molar-refractivity contribution is -0.119. The zero-order chi connectivity index (χ0) is 14.6. The number of nitrogens with zero attached hydrogens (tertiary/aromatic N) is 2. The molecule has 0 saturated carbocycles. The smallest absolute Gasteiger partial charge is 0.219 e. The van der Waals surface area contributed by atoms with Gasteiger partial charge in [0, 0.05) is 25.0 Å². The molecule has 0 radical (unpaired) electrons. The summed E-state index contributed by atoms with van der Waals surface area (Å²) >= 11 is 6.33. The second-order valence-corrected chi connectivity index (χ2v) is 5.64. The second-order valence-electron chi connectivity index (χ2n) is 5.26. The molecule has 1 aromatic heterocycles. The molecule has 0 fully saturated rings. The summed E-state index contributed by atoms with van der Waals surface area (Å²) in [6, 6.07) is 0. The summed E-state index contributed by atoms with van der Waals surface area (Å²) in [5, 5.41) is 8.49. The molecule has 5 nitrogen and oxygen atoms in total. The fourth-order valence-electron chi connectivity index (χ4n) is 2.01. The number of carbonyl (C=O) groups excluding carboxylic acids is 1. The fraction of sp³-hybridized carbons (Fsp3) is 0.692. The summed E-state index contributed by atoms with van der Waals surface area (Å²) in [5.41, 5.74) is 6.75. The maximum atomic E-state index is 11.0. The quantitative estimate of drug-likeness (QED) is 0.803. The van der Waals surface area contributed by atoms with E-state index in [9.17, 15) is 4.79 Å². The fourth-order valence-corrected chi connectivity index (χ4v) is 2.34. The molecule has 0 aliphatic carbocycles. The van der Waals surface area contributed by atoms with E-state index >= 15 is 0 Å². The molecule has 0 bridgehead atoms. The lowest BCUT2D eigenvalue weighted by Crippen LogP contribution is -2.42. The molecular formula is C13H23ClN4O. The van der Waals surface area contributed by atoms with Gasteiger partial charge < -0.3 is 11.1 Å². The summed E-state index contributed by atoms with van der Waals surface area (Å²) in [6.45, 7) is 9.29. The SMILES string of the molecule is CCc1nn(CC)c(CNC(C)(C)CC(N)=O)c1Cl. The van der Waals surface area contributed by atoms with Crippen LogP contribution in [-0.2, 0) is 24.3 Å². The molecule has 3 N–H and O–H groups in total. The lowest BCUT2D eigenvalue weighted by Gasteiger charge is -2.25. The number of nitrogens with two attached hydrogens (primary N) is 1. The molecule has 1 rings (SSSR count). The Bertz CT molecular complexity index is 454. The van der Waals surface area contributed by atoms with Gasteiger partial charge in [-0.15, -0.1) is 0 Å². The molecule has 1 heterocycles. The predicted molar refractivity (Wildman–Crippen MR) is 77.0 cm³/mol. The highest BCUT2D eigenvalue weighted by Gasteiger charge is 2.22. The van der Waals surface area contributed by atoms with Crippen molar-refractivity contribution in [1.29, 1.82) is 0 Å². The predicted octanol–water partition coefficient (Wildman–Crippen LogP) is 1.86. The van der Waals surface area contributed by atoms with E-state index < -0.39 is 0 Å². The van der Waals surface area contributed by atoms with Gasteiger partial charge in [0.25, 0.3) is 0 Å². The van der Waals surface area contributed by atoms with Gasteiger partial charge >= 0.3 is 0 Å². The van der Waals surface area contributed by atoms with Crippen molar-refractivity contribution in [1.82, 2.24) is 15.1 Å². The summed E-state index contributed by atoms with van der Waals surface area (Å²) in [6.07, 6.45) is 1.09. The highest BCUT2D eigenvalue weighted by molar-refractivity contribution is 6.31. The third-order valence-corrected chi connectivity index (χ3v) is 3.48. The van der Waals surface area contributed by atoms with Gasteiger partial charge in [0.15, 0.2) is 0 Å². The van der Waals surface area contributed by atoms with Crippen molar-refractivity contribution in [3.63, 3.8) is 0 Å². The number of hydrogen-bond acceptors (Lipinski definition) is 3. The summed E-state index contributed by atoms with van der Waals surface area (Å²) in [4.78, 5) is 11.0. The van der Waals surface area contributed by atoms with Gasteiger partial charge in [-0.05, 0) is 27.2 Å². The number of primary amides is 1. The average molecular weight is 287 g/mol. The van der Waals surface area contributed by atoms with E-state index in [1.165, 1.54) is 0 Å². The number of aryl methyl sites for hydroxylation is 2. The molecule has 0 aliphatic heterocycles. The van der Waals surface area contributed by atoms with Crippen molar-refractivity contribution in [3.8, 4) is 0 Å². The second kappa shape index (κ2) is 6.39. The zero-order valence-electron chi connectivity index (χ0n) is 12.1.